The van der Waals surface area contributed by atoms with Crippen molar-refractivity contribution in [2.24, 2.45) is 7.05 Å². The fraction of sp³-hybridized carbons (Fsp3) is 0.105. The molecule has 2 heterocycles. The Bertz CT molecular complexity index is 1200. The SMILES string of the molecule is [B]c1ccc(-n2c(-c3ccc(SC)cc3)nc3c(c(N)nn3C)c2=O)cc1. The second-order valence-corrected chi connectivity index (χ2v) is 6.98. The molecule has 2 N–H and O–H groups in total. The Morgan fingerprint density at radius 2 is 1.74 bits per heavy atom. The number of hydrogen-bond acceptors (Lipinski definition) is 5. The van der Waals surface area contributed by atoms with E-state index in [-0.39, 0.29) is 11.4 Å². The van der Waals surface area contributed by atoms with Crippen molar-refractivity contribution in [3.63, 3.8) is 0 Å². The summed E-state index contributed by atoms with van der Waals surface area (Å²) in [6.07, 6.45) is 2.02. The summed E-state index contributed by atoms with van der Waals surface area (Å²) in [6, 6.07) is 15.0. The van der Waals surface area contributed by atoms with Gasteiger partial charge in [0.25, 0.3) is 5.56 Å². The van der Waals surface area contributed by atoms with Crippen LogP contribution in [0.4, 0.5) is 5.82 Å². The second kappa shape index (κ2) is 6.63. The number of anilines is 1. The van der Waals surface area contributed by atoms with Gasteiger partial charge in [-0.2, -0.15) is 5.10 Å². The van der Waals surface area contributed by atoms with Gasteiger partial charge in [-0.25, -0.2) is 9.67 Å². The molecule has 6 nitrogen and oxygen atoms in total. The van der Waals surface area contributed by atoms with E-state index in [1.165, 1.54) is 4.68 Å². The third-order valence-electron chi connectivity index (χ3n) is 4.38. The molecule has 2 aromatic carbocycles. The van der Waals surface area contributed by atoms with Crippen LogP contribution in [0.1, 0.15) is 0 Å². The van der Waals surface area contributed by atoms with E-state index in [9.17, 15) is 4.79 Å². The minimum Gasteiger partial charge on any atom is -0.381 e. The zero-order valence-electron chi connectivity index (χ0n) is 14.9. The summed E-state index contributed by atoms with van der Waals surface area (Å²) in [5.41, 5.74) is 8.26. The number of aromatic nitrogens is 4. The van der Waals surface area contributed by atoms with Crippen LogP contribution < -0.4 is 16.8 Å². The maximum atomic E-state index is 13.3. The molecule has 27 heavy (non-hydrogen) atoms. The summed E-state index contributed by atoms with van der Waals surface area (Å²) < 4.78 is 3.08. The van der Waals surface area contributed by atoms with Gasteiger partial charge in [0.15, 0.2) is 11.5 Å². The Morgan fingerprint density at radius 3 is 2.37 bits per heavy atom. The monoisotopic (exact) mass is 373 g/mol. The van der Waals surface area contributed by atoms with Crippen molar-refractivity contribution in [1.82, 2.24) is 19.3 Å². The molecule has 8 heteroatoms. The average molecular weight is 373 g/mol. The summed E-state index contributed by atoms with van der Waals surface area (Å²) in [7, 11) is 7.52. The first kappa shape index (κ1) is 17.4. The molecule has 0 aliphatic heterocycles. The van der Waals surface area contributed by atoms with Crippen molar-refractivity contribution >= 4 is 41.9 Å². The van der Waals surface area contributed by atoms with E-state index in [0.29, 0.717) is 28.0 Å². The van der Waals surface area contributed by atoms with Crippen molar-refractivity contribution < 1.29 is 0 Å². The summed E-state index contributed by atoms with van der Waals surface area (Å²) in [5.74, 6) is 0.686. The van der Waals surface area contributed by atoms with Gasteiger partial charge in [-0.1, -0.05) is 29.7 Å². The van der Waals surface area contributed by atoms with Crippen molar-refractivity contribution in [3.8, 4) is 17.1 Å². The highest BCUT2D eigenvalue weighted by Gasteiger charge is 2.19. The molecular formula is C19H16BN5OS. The molecule has 0 aliphatic carbocycles. The molecule has 2 radical (unpaired) electrons. The van der Waals surface area contributed by atoms with Gasteiger partial charge >= 0.3 is 0 Å². The normalized spacial score (nSPS) is 11.2. The van der Waals surface area contributed by atoms with Gasteiger partial charge in [-0.3, -0.25) is 9.36 Å². The van der Waals surface area contributed by atoms with Gasteiger partial charge < -0.3 is 5.73 Å². The summed E-state index contributed by atoms with van der Waals surface area (Å²) in [4.78, 5) is 19.2. The Kier molecular flexibility index (Phi) is 4.27. The average Bonchev–Trinajstić information content (AvgIpc) is 2.96. The highest BCUT2D eigenvalue weighted by Crippen LogP contribution is 2.25. The summed E-state index contributed by atoms with van der Waals surface area (Å²) >= 11 is 1.65. The van der Waals surface area contributed by atoms with Crippen molar-refractivity contribution in [3.05, 3.63) is 58.9 Å². The van der Waals surface area contributed by atoms with Crippen molar-refractivity contribution in [2.75, 3.05) is 12.0 Å². The molecular weight excluding hydrogens is 357 g/mol. The van der Waals surface area contributed by atoms with E-state index in [0.717, 1.165) is 10.5 Å². The number of aryl methyl sites for hydroxylation is 1. The van der Waals surface area contributed by atoms with Crippen LogP contribution in [0, 0.1) is 0 Å². The maximum Gasteiger partial charge on any atom is 0.271 e. The zero-order valence-corrected chi connectivity index (χ0v) is 15.7. The molecule has 2 aromatic heterocycles. The Hall–Kier alpha value is -3.00. The first-order chi connectivity index (χ1) is 13.0. The van der Waals surface area contributed by atoms with Crippen LogP contribution in [-0.2, 0) is 7.05 Å². The molecule has 0 unspecified atom stereocenters. The molecule has 0 saturated heterocycles. The molecule has 4 aromatic rings. The smallest absolute Gasteiger partial charge is 0.271 e. The maximum absolute atomic E-state index is 13.3. The first-order valence-corrected chi connectivity index (χ1v) is 9.47. The molecule has 0 amide bonds. The van der Waals surface area contributed by atoms with E-state index in [1.54, 1.807) is 47.6 Å². The number of benzene rings is 2. The van der Waals surface area contributed by atoms with Crippen molar-refractivity contribution in [1.29, 1.82) is 0 Å². The predicted octanol–water partition coefficient (Wildman–Crippen LogP) is 1.88. The topological polar surface area (TPSA) is 78.7 Å². The number of rotatable bonds is 3. The van der Waals surface area contributed by atoms with Crippen LogP contribution in [0.25, 0.3) is 28.1 Å². The van der Waals surface area contributed by atoms with Crippen LogP contribution in [0.15, 0.2) is 58.2 Å². The number of nitrogens with two attached hydrogens (primary N) is 1. The lowest BCUT2D eigenvalue weighted by Crippen LogP contribution is -2.23. The molecule has 4 rings (SSSR count). The van der Waals surface area contributed by atoms with Gasteiger partial charge in [-0.15, -0.1) is 11.8 Å². The predicted molar refractivity (Wildman–Crippen MR) is 111 cm³/mol. The zero-order chi connectivity index (χ0) is 19.1. The van der Waals surface area contributed by atoms with Gasteiger partial charge in [0.05, 0.1) is 5.69 Å². The third-order valence-corrected chi connectivity index (χ3v) is 5.13. The number of nitrogens with zero attached hydrogens (tertiary/aromatic N) is 4. The van der Waals surface area contributed by atoms with E-state index in [4.69, 9.17) is 18.6 Å². The van der Waals surface area contributed by atoms with Crippen molar-refractivity contribution in [2.45, 2.75) is 4.90 Å². The number of thioether (sulfide) groups is 1. The highest BCUT2D eigenvalue weighted by atomic mass is 32.2. The van der Waals surface area contributed by atoms with Crippen LogP contribution in [0.5, 0.6) is 0 Å². The molecule has 0 atom stereocenters. The minimum atomic E-state index is -0.265. The fourth-order valence-electron chi connectivity index (χ4n) is 3.02. The number of fused-ring (bicyclic) bond motifs is 1. The van der Waals surface area contributed by atoms with Gasteiger partial charge in [0, 0.05) is 17.5 Å². The van der Waals surface area contributed by atoms with E-state index < -0.39 is 0 Å². The Labute approximate surface area is 161 Å². The van der Waals surface area contributed by atoms with E-state index in [2.05, 4.69) is 5.10 Å². The lowest BCUT2D eigenvalue weighted by atomic mass is 9.96. The largest absolute Gasteiger partial charge is 0.381 e. The fourth-order valence-corrected chi connectivity index (χ4v) is 3.43. The van der Waals surface area contributed by atoms with Gasteiger partial charge in [0.1, 0.15) is 19.1 Å². The third kappa shape index (κ3) is 2.92. The highest BCUT2D eigenvalue weighted by molar-refractivity contribution is 7.98. The van der Waals surface area contributed by atoms with Crippen LogP contribution in [0.3, 0.4) is 0 Å². The van der Waals surface area contributed by atoms with E-state index >= 15 is 0 Å². The van der Waals surface area contributed by atoms with Crippen LogP contribution in [-0.4, -0.2) is 33.4 Å². The quantitative estimate of drug-likeness (QED) is 0.438. The molecule has 0 spiro atoms. The van der Waals surface area contributed by atoms with Crippen LogP contribution in [0.2, 0.25) is 0 Å². The lowest BCUT2D eigenvalue weighted by Gasteiger charge is -2.13. The molecule has 0 saturated carbocycles. The Balaban J connectivity index is 2.08. The van der Waals surface area contributed by atoms with E-state index in [1.807, 2.05) is 30.5 Å². The lowest BCUT2D eigenvalue weighted by molar-refractivity contribution is 0.788. The first-order valence-electron chi connectivity index (χ1n) is 8.25. The standard InChI is InChI=1S/C19H16BN5OS/c1-24-18-15(16(21)23-24)19(26)25(13-7-5-12(20)6-8-13)17(22-18)11-3-9-14(27-2)10-4-11/h3-10H,1-2H3,(H2,21,23). The number of nitrogen functional groups attached to an aromatic ring is 1. The summed E-state index contributed by atoms with van der Waals surface area (Å²) in [6.45, 7) is 0. The Morgan fingerprint density at radius 1 is 1.07 bits per heavy atom. The molecule has 0 aliphatic rings. The van der Waals surface area contributed by atoms with Gasteiger partial charge in [0.2, 0.25) is 0 Å². The molecule has 132 valence electrons. The summed E-state index contributed by atoms with van der Waals surface area (Å²) in [5, 5.41) is 4.46. The van der Waals surface area contributed by atoms with Crippen LogP contribution >= 0.6 is 11.8 Å². The second-order valence-electron chi connectivity index (χ2n) is 6.10. The molecule has 0 bridgehead atoms. The minimum absolute atomic E-state index is 0.165. The number of hydrogen-bond donors (Lipinski definition) is 1. The molecule has 0 fully saturated rings. The van der Waals surface area contributed by atoms with Gasteiger partial charge in [-0.05, 0) is 30.5 Å².